The summed E-state index contributed by atoms with van der Waals surface area (Å²) in [4.78, 5) is 4.46. The Labute approximate surface area is 102 Å². The van der Waals surface area contributed by atoms with E-state index in [2.05, 4.69) is 30.1 Å². The monoisotopic (exact) mass is 230 g/mol. The number of aromatic nitrogens is 1. The summed E-state index contributed by atoms with van der Waals surface area (Å²) in [5, 5.41) is 0. The van der Waals surface area contributed by atoms with E-state index in [0.717, 1.165) is 35.7 Å². The average Bonchev–Trinajstić information content (AvgIpc) is 2.71. The van der Waals surface area contributed by atoms with Gasteiger partial charge in [-0.25, -0.2) is 4.98 Å². The van der Waals surface area contributed by atoms with Gasteiger partial charge in [0.05, 0.1) is 0 Å². The van der Waals surface area contributed by atoms with Crippen LogP contribution in [0.5, 0.6) is 0 Å². The first-order chi connectivity index (χ1) is 8.24. The van der Waals surface area contributed by atoms with Gasteiger partial charge in [-0.1, -0.05) is 25.1 Å². The molecule has 3 heteroatoms. The van der Waals surface area contributed by atoms with Crippen LogP contribution in [0.4, 0.5) is 0 Å². The van der Waals surface area contributed by atoms with Crippen LogP contribution in [0, 0.1) is 6.92 Å². The van der Waals surface area contributed by atoms with Crippen LogP contribution in [-0.2, 0) is 12.8 Å². The molecule has 0 amide bonds. The van der Waals surface area contributed by atoms with E-state index in [1.54, 1.807) is 0 Å². The van der Waals surface area contributed by atoms with Crippen LogP contribution >= 0.6 is 0 Å². The van der Waals surface area contributed by atoms with Crippen molar-refractivity contribution in [3.05, 3.63) is 41.5 Å². The molecule has 0 aliphatic rings. The largest absolute Gasteiger partial charge is 0.445 e. The molecule has 3 nitrogen and oxygen atoms in total. The summed E-state index contributed by atoms with van der Waals surface area (Å²) in [6, 6.07) is 8.35. The lowest BCUT2D eigenvalue weighted by molar-refractivity contribution is 0.480. The van der Waals surface area contributed by atoms with Gasteiger partial charge in [0.25, 0.3) is 0 Å². The molecule has 0 spiro atoms. The smallest absolute Gasteiger partial charge is 0.191 e. The van der Waals surface area contributed by atoms with E-state index < -0.39 is 0 Å². The molecular weight excluding hydrogens is 212 g/mol. The Morgan fingerprint density at radius 3 is 2.88 bits per heavy atom. The van der Waals surface area contributed by atoms with Crippen molar-refractivity contribution in [3.8, 4) is 11.3 Å². The molecule has 0 radical (unpaired) electrons. The molecule has 0 aliphatic heterocycles. The van der Waals surface area contributed by atoms with Crippen molar-refractivity contribution >= 4 is 0 Å². The van der Waals surface area contributed by atoms with E-state index in [-0.39, 0.29) is 0 Å². The lowest BCUT2D eigenvalue weighted by atomic mass is 10.0. The number of benzene rings is 1. The highest BCUT2D eigenvalue weighted by Crippen LogP contribution is 2.25. The second-order valence-electron chi connectivity index (χ2n) is 4.10. The first kappa shape index (κ1) is 11.9. The molecule has 1 heterocycles. The number of nitrogens with two attached hydrogens (primary N) is 1. The zero-order valence-corrected chi connectivity index (χ0v) is 10.4. The molecule has 2 aromatic rings. The number of oxazole rings is 1. The highest BCUT2D eigenvalue weighted by molar-refractivity contribution is 5.62. The predicted molar refractivity (Wildman–Crippen MR) is 68.8 cm³/mol. The minimum absolute atomic E-state index is 0.669. The summed E-state index contributed by atoms with van der Waals surface area (Å²) in [7, 11) is 0. The van der Waals surface area contributed by atoms with E-state index in [4.69, 9.17) is 10.2 Å². The molecule has 0 fully saturated rings. The fourth-order valence-electron chi connectivity index (χ4n) is 1.98. The first-order valence-electron chi connectivity index (χ1n) is 6.00. The van der Waals surface area contributed by atoms with Gasteiger partial charge < -0.3 is 10.2 Å². The van der Waals surface area contributed by atoms with Crippen molar-refractivity contribution in [2.45, 2.75) is 26.7 Å². The van der Waals surface area contributed by atoms with Gasteiger partial charge in [0.1, 0.15) is 11.5 Å². The van der Waals surface area contributed by atoms with Crippen molar-refractivity contribution in [2.24, 2.45) is 5.73 Å². The standard InChI is InChI=1S/C14H18N2O/c1-3-13-14(16-10(2)17-13)12-6-4-5-11(9-12)7-8-15/h4-6,9H,3,7-8,15H2,1-2H3. The fourth-order valence-corrected chi connectivity index (χ4v) is 1.98. The van der Waals surface area contributed by atoms with E-state index in [1.165, 1.54) is 5.56 Å². The van der Waals surface area contributed by atoms with Gasteiger partial charge >= 0.3 is 0 Å². The van der Waals surface area contributed by atoms with Crippen molar-refractivity contribution < 1.29 is 4.42 Å². The van der Waals surface area contributed by atoms with E-state index in [0.29, 0.717) is 6.54 Å². The van der Waals surface area contributed by atoms with Crippen LogP contribution in [0.25, 0.3) is 11.3 Å². The summed E-state index contributed by atoms with van der Waals surface area (Å²) in [5.74, 6) is 1.67. The number of rotatable bonds is 4. The highest BCUT2D eigenvalue weighted by atomic mass is 16.4. The molecule has 90 valence electrons. The number of hydrogen-bond donors (Lipinski definition) is 1. The molecule has 0 aliphatic carbocycles. The van der Waals surface area contributed by atoms with Crippen molar-refractivity contribution in [3.63, 3.8) is 0 Å². The molecule has 1 aromatic carbocycles. The third-order valence-electron chi connectivity index (χ3n) is 2.76. The van der Waals surface area contributed by atoms with E-state index in [1.807, 2.05) is 13.0 Å². The van der Waals surface area contributed by atoms with Gasteiger partial charge in [-0.05, 0) is 24.6 Å². The Hall–Kier alpha value is -1.61. The van der Waals surface area contributed by atoms with Crippen molar-refractivity contribution in [1.82, 2.24) is 4.98 Å². The highest BCUT2D eigenvalue weighted by Gasteiger charge is 2.11. The van der Waals surface area contributed by atoms with Gasteiger partial charge in [-0.3, -0.25) is 0 Å². The second kappa shape index (κ2) is 5.15. The van der Waals surface area contributed by atoms with Crippen LogP contribution in [0.3, 0.4) is 0 Å². The van der Waals surface area contributed by atoms with Gasteiger partial charge in [0.15, 0.2) is 5.89 Å². The normalized spacial score (nSPS) is 10.8. The first-order valence-corrected chi connectivity index (χ1v) is 6.00. The third-order valence-corrected chi connectivity index (χ3v) is 2.76. The van der Waals surface area contributed by atoms with Crippen LogP contribution in [0.2, 0.25) is 0 Å². The molecule has 0 saturated carbocycles. The Morgan fingerprint density at radius 2 is 2.18 bits per heavy atom. The minimum Gasteiger partial charge on any atom is -0.445 e. The molecule has 0 unspecified atom stereocenters. The molecule has 2 N–H and O–H groups in total. The van der Waals surface area contributed by atoms with Crippen LogP contribution in [-0.4, -0.2) is 11.5 Å². The Kier molecular flexibility index (Phi) is 3.59. The molecule has 0 bridgehead atoms. The molecule has 1 aromatic heterocycles. The Bertz CT molecular complexity index is 503. The maximum atomic E-state index is 5.58. The van der Waals surface area contributed by atoms with Crippen LogP contribution < -0.4 is 5.73 Å². The number of hydrogen-bond acceptors (Lipinski definition) is 3. The minimum atomic E-state index is 0.669. The van der Waals surface area contributed by atoms with Crippen LogP contribution in [0.1, 0.15) is 24.1 Å². The van der Waals surface area contributed by atoms with E-state index >= 15 is 0 Å². The van der Waals surface area contributed by atoms with Crippen LogP contribution in [0.15, 0.2) is 28.7 Å². The zero-order chi connectivity index (χ0) is 12.3. The number of aryl methyl sites for hydroxylation is 2. The fraction of sp³-hybridized carbons (Fsp3) is 0.357. The molecular formula is C14H18N2O. The average molecular weight is 230 g/mol. The SMILES string of the molecule is CCc1oc(C)nc1-c1cccc(CCN)c1. The lowest BCUT2D eigenvalue weighted by Gasteiger charge is -2.03. The third kappa shape index (κ3) is 2.56. The van der Waals surface area contributed by atoms with E-state index in [9.17, 15) is 0 Å². The summed E-state index contributed by atoms with van der Waals surface area (Å²) >= 11 is 0. The second-order valence-corrected chi connectivity index (χ2v) is 4.10. The molecule has 0 atom stereocenters. The predicted octanol–water partition coefficient (Wildman–Crippen LogP) is 2.71. The van der Waals surface area contributed by atoms with Crippen molar-refractivity contribution in [1.29, 1.82) is 0 Å². The summed E-state index contributed by atoms with van der Waals surface area (Å²) in [6.45, 7) is 4.63. The summed E-state index contributed by atoms with van der Waals surface area (Å²) in [6.07, 6.45) is 1.75. The maximum absolute atomic E-state index is 5.58. The topological polar surface area (TPSA) is 52.0 Å². The number of nitrogens with zero attached hydrogens (tertiary/aromatic N) is 1. The molecule has 2 rings (SSSR count). The molecule has 0 saturated heterocycles. The summed E-state index contributed by atoms with van der Waals surface area (Å²) in [5.41, 5.74) is 8.90. The zero-order valence-electron chi connectivity index (χ0n) is 10.4. The van der Waals surface area contributed by atoms with Gasteiger partial charge in [0, 0.05) is 18.9 Å². The van der Waals surface area contributed by atoms with Crippen molar-refractivity contribution in [2.75, 3.05) is 6.54 Å². The van der Waals surface area contributed by atoms with Gasteiger partial charge in [-0.2, -0.15) is 0 Å². The lowest BCUT2D eigenvalue weighted by Crippen LogP contribution is -2.02. The Morgan fingerprint density at radius 1 is 1.35 bits per heavy atom. The summed E-state index contributed by atoms with van der Waals surface area (Å²) < 4.78 is 5.58. The maximum Gasteiger partial charge on any atom is 0.191 e. The molecule has 17 heavy (non-hydrogen) atoms. The van der Waals surface area contributed by atoms with Gasteiger partial charge in [0.2, 0.25) is 0 Å². The Balaban J connectivity index is 2.41. The van der Waals surface area contributed by atoms with Gasteiger partial charge in [-0.15, -0.1) is 0 Å². The quantitative estimate of drug-likeness (QED) is 0.878.